The summed E-state index contributed by atoms with van der Waals surface area (Å²) in [6, 6.07) is 9.59. The molecule has 1 aliphatic heterocycles. The highest BCUT2D eigenvalue weighted by molar-refractivity contribution is 5.88. The minimum absolute atomic E-state index is 0.369. The summed E-state index contributed by atoms with van der Waals surface area (Å²) in [6.07, 6.45) is 1.51. The lowest BCUT2D eigenvalue weighted by molar-refractivity contribution is -0.132. The number of aliphatic carboxylic acids is 1. The number of hydrazine groups is 1. The number of carbonyl (C=O) groups is 1. The van der Waals surface area contributed by atoms with Crippen LogP contribution in [0.3, 0.4) is 0 Å². The quantitative estimate of drug-likeness (QED) is 0.730. The van der Waals surface area contributed by atoms with Crippen LogP contribution in [0.2, 0.25) is 0 Å². The van der Waals surface area contributed by atoms with Crippen molar-refractivity contribution < 1.29 is 9.90 Å². The summed E-state index contributed by atoms with van der Waals surface area (Å²) in [5.41, 5.74) is 4.22. The molecule has 4 nitrogen and oxygen atoms in total. The highest BCUT2D eigenvalue weighted by Gasteiger charge is 2.18. The van der Waals surface area contributed by atoms with Crippen molar-refractivity contribution in [3.63, 3.8) is 0 Å². The molecule has 4 heteroatoms. The first-order valence-electron chi connectivity index (χ1n) is 4.28. The van der Waals surface area contributed by atoms with Gasteiger partial charge in [-0.1, -0.05) is 18.2 Å². The van der Waals surface area contributed by atoms with Gasteiger partial charge in [-0.25, -0.2) is 4.79 Å². The Kier molecular flexibility index (Phi) is 2.10. The molecule has 72 valence electrons. The Morgan fingerprint density at radius 1 is 1.36 bits per heavy atom. The average molecular weight is 190 g/mol. The second-order valence-electron chi connectivity index (χ2n) is 3.03. The maximum atomic E-state index is 10.6. The van der Waals surface area contributed by atoms with Crippen LogP contribution in [0.15, 0.2) is 42.1 Å². The molecule has 14 heavy (non-hydrogen) atoms. The SMILES string of the molecule is O=C(O)C1=CNN(c2ccccc2)C1. The van der Waals surface area contributed by atoms with Crippen molar-refractivity contribution in [1.82, 2.24) is 5.43 Å². The number of nitrogens with zero attached hydrogens (tertiary/aromatic N) is 1. The minimum Gasteiger partial charge on any atom is -0.478 e. The largest absolute Gasteiger partial charge is 0.478 e. The van der Waals surface area contributed by atoms with Gasteiger partial charge in [-0.3, -0.25) is 5.01 Å². The summed E-state index contributed by atoms with van der Waals surface area (Å²) in [5, 5.41) is 10.5. The molecular formula is C10H10N2O2. The van der Waals surface area contributed by atoms with Gasteiger partial charge in [-0.05, 0) is 12.1 Å². The number of benzene rings is 1. The van der Waals surface area contributed by atoms with Crippen molar-refractivity contribution >= 4 is 11.7 Å². The Morgan fingerprint density at radius 3 is 2.64 bits per heavy atom. The summed E-state index contributed by atoms with van der Waals surface area (Å²) in [6.45, 7) is 0.388. The van der Waals surface area contributed by atoms with E-state index in [4.69, 9.17) is 5.11 Å². The van der Waals surface area contributed by atoms with Gasteiger partial charge in [0.2, 0.25) is 0 Å². The van der Waals surface area contributed by atoms with Gasteiger partial charge in [0.1, 0.15) is 0 Å². The molecule has 0 aromatic heterocycles. The van der Waals surface area contributed by atoms with Gasteiger partial charge in [0.15, 0.2) is 0 Å². The molecule has 0 fully saturated rings. The number of para-hydroxylation sites is 1. The Balaban J connectivity index is 2.10. The number of hydrogen-bond acceptors (Lipinski definition) is 3. The summed E-state index contributed by atoms with van der Waals surface area (Å²) in [5.74, 6) is -0.879. The van der Waals surface area contributed by atoms with Gasteiger partial charge in [-0.2, -0.15) is 0 Å². The van der Waals surface area contributed by atoms with Crippen LogP contribution >= 0.6 is 0 Å². The van der Waals surface area contributed by atoms with E-state index in [2.05, 4.69) is 5.43 Å². The van der Waals surface area contributed by atoms with Crippen LogP contribution in [0.5, 0.6) is 0 Å². The van der Waals surface area contributed by atoms with Crippen LogP contribution in [0.4, 0.5) is 5.69 Å². The zero-order valence-electron chi connectivity index (χ0n) is 7.47. The number of nitrogens with one attached hydrogen (secondary N) is 1. The molecule has 0 radical (unpaired) electrons. The molecule has 0 spiro atoms. The zero-order valence-corrected chi connectivity index (χ0v) is 7.47. The highest BCUT2D eigenvalue weighted by atomic mass is 16.4. The zero-order chi connectivity index (χ0) is 9.97. The Bertz CT molecular complexity index is 373. The van der Waals surface area contributed by atoms with Crippen LogP contribution in [-0.2, 0) is 4.79 Å². The van der Waals surface area contributed by atoms with E-state index in [1.54, 1.807) is 5.01 Å². The van der Waals surface area contributed by atoms with E-state index < -0.39 is 5.97 Å². The average Bonchev–Trinajstić information content (AvgIpc) is 2.68. The Morgan fingerprint density at radius 2 is 2.07 bits per heavy atom. The summed E-state index contributed by atoms with van der Waals surface area (Å²) < 4.78 is 0. The van der Waals surface area contributed by atoms with E-state index in [0.29, 0.717) is 12.1 Å². The molecule has 1 aliphatic rings. The molecule has 0 aliphatic carbocycles. The molecule has 0 atom stereocenters. The van der Waals surface area contributed by atoms with Crippen LogP contribution < -0.4 is 10.4 Å². The van der Waals surface area contributed by atoms with E-state index >= 15 is 0 Å². The molecule has 1 aromatic rings. The van der Waals surface area contributed by atoms with Crippen LogP contribution in [0.25, 0.3) is 0 Å². The molecule has 0 amide bonds. The van der Waals surface area contributed by atoms with Crippen molar-refractivity contribution in [2.45, 2.75) is 0 Å². The number of carboxylic acids is 1. The lowest BCUT2D eigenvalue weighted by Crippen LogP contribution is -2.30. The fourth-order valence-electron chi connectivity index (χ4n) is 1.32. The summed E-state index contributed by atoms with van der Waals surface area (Å²) in [7, 11) is 0. The topological polar surface area (TPSA) is 52.6 Å². The first-order chi connectivity index (χ1) is 6.77. The van der Waals surface area contributed by atoms with Crippen molar-refractivity contribution in [2.24, 2.45) is 0 Å². The van der Waals surface area contributed by atoms with Gasteiger partial charge in [-0.15, -0.1) is 0 Å². The molecule has 0 saturated carbocycles. The monoisotopic (exact) mass is 190 g/mol. The fraction of sp³-hybridized carbons (Fsp3) is 0.100. The predicted molar refractivity (Wildman–Crippen MR) is 52.6 cm³/mol. The molecule has 2 N–H and O–H groups in total. The van der Waals surface area contributed by atoms with E-state index in [1.165, 1.54) is 6.20 Å². The summed E-state index contributed by atoms with van der Waals surface area (Å²) >= 11 is 0. The predicted octanol–water partition coefficient (Wildman–Crippen LogP) is 0.980. The Hall–Kier alpha value is -1.97. The number of carboxylic acid groups (broad SMARTS) is 1. The highest BCUT2D eigenvalue weighted by Crippen LogP contribution is 2.15. The second kappa shape index (κ2) is 3.41. The van der Waals surface area contributed by atoms with Crippen molar-refractivity contribution in [2.75, 3.05) is 11.6 Å². The van der Waals surface area contributed by atoms with Crippen molar-refractivity contribution in [1.29, 1.82) is 0 Å². The number of hydrogen-bond donors (Lipinski definition) is 2. The van der Waals surface area contributed by atoms with E-state index in [-0.39, 0.29) is 0 Å². The van der Waals surface area contributed by atoms with E-state index in [9.17, 15) is 4.79 Å². The van der Waals surface area contributed by atoms with Crippen molar-refractivity contribution in [3.8, 4) is 0 Å². The first kappa shape index (κ1) is 8.62. The van der Waals surface area contributed by atoms with Gasteiger partial charge in [0, 0.05) is 6.20 Å². The maximum absolute atomic E-state index is 10.6. The molecule has 1 aromatic carbocycles. The minimum atomic E-state index is -0.879. The van der Waals surface area contributed by atoms with E-state index in [1.807, 2.05) is 30.3 Å². The van der Waals surface area contributed by atoms with Gasteiger partial charge < -0.3 is 10.5 Å². The van der Waals surface area contributed by atoms with Crippen LogP contribution in [0, 0.1) is 0 Å². The standard InChI is InChI=1S/C10H10N2O2/c13-10(14)8-6-11-12(7-8)9-4-2-1-3-5-9/h1-6,11H,7H2,(H,13,14). The lowest BCUT2D eigenvalue weighted by Gasteiger charge is -2.18. The molecule has 2 rings (SSSR count). The molecule has 0 saturated heterocycles. The van der Waals surface area contributed by atoms with Gasteiger partial charge in [0.05, 0.1) is 17.8 Å². The lowest BCUT2D eigenvalue weighted by atomic mass is 10.3. The summed E-state index contributed by atoms with van der Waals surface area (Å²) in [4.78, 5) is 10.6. The molecular weight excluding hydrogens is 180 g/mol. The molecule has 0 unspecified atom stereocenters. The third-order valence-electron chi connectivity index (χ3n) is 2.07. The fourth-order valence-corrected chi connectivity index (χ4v) is 1.32. The van der Waals surface area contributed by atoms with Crippen LogP contribution in [0.1, 0.15) is 0 Å². The third kappa shape index (κ3) is 1.54. The van der Waals surface area contributed by atoms with E-state index in [0.717, 1.165) is 5.69 Å². The second-order valence-corrected chi connectivity index (χ2v) is 3.03. The first-order valence-corrected chi connectivity index (χ1v) is 4.28. The Labute approximate surface area is 81.4 Å². The normalized spacial score (nSPS) is 14.9. The van der Waals surface area contributed by atoms with Gasteiger partial charge >= 0.3 is 5.97 Å². The van der Waals surface area contributed by atoms with Gasteiger partial charge in [0.25, 0.3) is 0 Å². The molecule has 1 heterocycles. The number of rotatable bonds is 2. The smallest absolute Gasteiger partial charge is 0.335 e. The number of anilines is 1. The van der Waals surface area contributed by atoms with Crippen LogP contribution in [-0.4, -0.2) is 17.6 Å². The molecule has 0 bridgehead atoms. The maximum Gasteiger partial charge on any atom is 0.335 e. The van der Waals surface area contributed by atoms with Crippen molar-refractivity contribution in [3.05, 3.63) is 42.1 Å². The third-order valence-corrected chi connectivity index (χ3v) is 2.07.